The number of rotatable bonds is 3. The van der Waals surface area contributed by atoms with Crippen LogP contribution in [0.2, 0.25) is 0 Å². The lowest BCUT2D eigenvalue weighted by molar-refractivity contribution is -0.124. The van der Waals surface area contributed by atoms with Gasteiger partial charge < -0.3 is 15.0 Å². The van der Waals surface area contributed by atoms with Gasteiger partial charge in [0.15, 0.2) is 0 Å². The number of carbonyl (C=O) groups is 2. The van der Waals surface area contributed by atoms with Crippen molar-refractivity contribution in [1.29, 1.82) is 0 Å². The van der Waals surface area contributed by atoms with E-state index < -0.39 is 0 Å². The van der Waals surface area contributed by atoms with E-state index in [1.54, 1.807) is 12.1 Å². The van der Waals surface area contributed by atoms with Crippen LogP contribution in [-0.2, 0) is 4.79 Å². The van der Waals surface area contributed by atoms with Gasteiger partial charge in [0.25, 0.3) is 5.91 Å². The Labute approximate surface area is 159 Å². The van der Waals surface area contributed by atoms with E-state index in [0.29, 0.717) is 24.4 Å². The van der Waals surface area contributed by atoms with Crippen LogP contribution in [0.3, 0.4) is 0 Å². The molecule has 2 saturated heterocycles. The lowest BCUT2D eigenvalue weighted by Gasteiger charge is -2.27. The fourth-order valence-electron chi connectivity index (χ4n) is 3.88. The Morgan fingerprint density at radius 3 is 2.67 bits per heavy atom. The van der Waals surface area contributed by atoms with Crippen molar-refractivity contribution in [2.75, 3.05) is 13.1 Å². The number of hydrogen-bond acceptors (Lipinski definition) is 3. The van der Waals surface area contributed by atoms with E-state index in [1.807, 2.05) is 48.2 Å². The predicted octanol–water partition coefficient (Wildman–Crippen LogP) is 3.53. The average Bonchev–Trinajstić information content (AvgIpc) is 2.90. The lowest BCUT2D eigenvalue weighted by Crippen LogP contribution is -2.41. The molecule has 2 amide bonds. The van der Waals surface area contributed by atoms with Crippen LogP contribution < -0.4 is 10.1 Å². The number of likely N-dealkylation sites (tertiary alicyclic amines) is 1. The highest BCUT2D eigenvalue weighted by molar-refractivity contribution is 5.95. The fraction of sp³-hybridized carbons (Fsp3) is 0.364. The number of fused-ring (bicyclic) bond motifs is 3. The average molecular weight is 364 g/mol. The number of nitrogens with one attached hydrogen (secondary N) is 1. The molecule has 2 fully saturated rings. The predicted molar refractivity (Wildman–Crippen MR) is 103 cm³/mol. The third kappa shape index (κ3) is 3.97. The van der Waals surface area contributed by atoms with Gasteiger partial charge in [-0.25, -0.2) is 0 Å². The minimum Gasteiger partial charge on any atom is -0.457 e. The van der Waals surface area contributed by atoms with Crippen LogP contribution in [0.25, 0.3) is 0 Å². The second kappa shape index (κ2) is 7.43. The number of ether oxygens (including phenoxy) is 1. The maximum atomic E-state index is 13.0. The van der Waals surface area contributed by atoms with Crippen molar-refractivity contribution in [2.24, 2.45) is 5.92 Å². The first-order valence-corrected chi connectivity index (χ1v) is 9.53. The van der Waals surface area contributed by atoms with E-state index in [4.69, 9.17) is 4.74 Å². The van der Waals surface area contributed by atoms with Crippen LogP contribution in [0.5, 0.6) is 11.5 Å². The van der Waals surface area contributed by atoms with Gasteiger partial charge in [-0.1, -0.05) is 18.6 Å². The number of nitrogens with zero attached hydrogens (tertiary/aromatic N) is 1. The van der Waals surface area contributed by atoms with Gasteiger partial charge in [0, 0.05) is 24.7 Å². The monoisotopic (exact) mass is 364 g/mol. The summed E-state index contributed by atoms with van der Waals surface area (Å²) >= 11 is 0. The van der Waals surface area contributed by atoms with Crippen molar-refractivity contribution < 1.29 is 14.3 Å². The zero-order valence-electron chi connectivity index (χ0n) is 15.5. The van der Waals surface area contributed by atoms with Gasteiger partial charge in [0.1, 0.15) is 11.5 Å². The van der Waals surface area contributed by atoms with Gasteiger partial charge in [0.05, 0.1) is 5.92 Å². The molecule has 1 N–H and O–H groups in total. The van der Waals surface area contributed by atoms with Gasteiger partial charge in [-0.15, -0.1) is 0 Å². The summed E-state index contributed by atoms with van der Waals surface area (Å²) in [5.74, 6) is 1.45. The van der Waals surface area contributed by atoms with Gasteiger partial charge in [0.2, 0.25) is 5.91 Å². The summed E-state index contributed by atoms with van der Waals surface area (Å²) in [6.07, 6.45) is 2.84. The topological polar surface area (TPSA) is 58.6 Å². The maximum absolute atomic E-state index is 13.0. The third-order valence-electron chi connectivity index (χ3n) is 5.32. The molecule has 2 atom stereocenters. The largest absolute Gasteiger partial charge is 0.457 e. The minimum absolute atomic E-state index is 0.0227. The zero-order valence-corrected chi connectivity index (χ0v) is 15.5. The maximum Gasteiger partial charge on any atom is 0.253 e. The second-order valence-electron chi connectivity index (χ2n) is 7.49. The Hall–Kier alpha value is -2.82. The number of carbonyl (C=O) groups excluding carboxylic acids is 2. The molecule has 5 nitrogen and oxygen atoms in total. The highest BCUT2D eigenvalue weighted by atomic mass is 16.5. The minimum atomic E-state index is -0.0922. The summed E-state index contributed by atoms with van der Waals surface area (Å²) in [5, 5.41) is 3.07. The van der Waals surface area contributed by atoms with Crippen LogP contribution in [0.1, 0.15) is 35.2 Å². The van der Waals surface area contributed by atoms with Gasteiger partial charge in [-0.2, -0.15) is 0 Å². The fourth-order valence-corrected chi connectivity index (χ4v) is 3.88. The number of hydrogen-bond donors (Lipinski definition) is 1. The summed E-state index contributed by atoms with van der Waals surface area (Å²) in [7, 11) is 0. The van der Waals surface area contributed by atoms with Crippen molar-refractivity contribution in [3.8, 4) is 11.5 Å². The number of aryl methyl sites for hydroxylation is 1. The van der Waals surface area contributed by atoms with Crippen LogP contribution in [0.4, 0.5) is 0 Å². The number of benzene rings is 2. The summed E-state index contributed by atoms with van der Waals surface area (Å²) in [4.78, 5) is 26.9. The first-order chi connectivity index (χ1) is 13.1. The molecule has 0 saturated carbocycles. The van der Waals surface area contributed by atoms with Crippen LogP contribution in [0, 0.1) is 12.8 Å². The van der Waals surface area contributed by atoms with Gasteiger partial charge >= 0.3 is 0 Å². The Morgan fingerprint density at radius 2 is 1.89 bits per heavy atom. The van der Waals surface area contributed by atoms with Crippen molar-refractivity contribution >= 4 is 11.8 Å². The second-order valence-corrected chi connectivity index (χ2v) is 7.49. The van der Waals surface area contributed by atoms with Gasteiger partial charge in [-0.05, 0) is 61.7 Å². The highest BCUT2D eigenvalue weighted by Gasteiger charge is 2.34. The number of amides is 2. The molecule has 2 aliphatic rings. The van der Waals surface area contributed by atoms with Crippen molar-refractivity contribution in [3.05, 3.63) is 59.7 Å². The molecule has 0 radical (unpaired) electrons. The van der Waals surface area contributed by atoms with E-state index in [2.05, 4.69) is 5.32 Å². The van der Waals surface area contributed by atoms with Gasteiger partial charge in [-0.3, -0.25) is 9.59 Å². The molecule has 2 aromatic carbocycles. The molecule has 0 spiro atoms. The molecule has 2 bridgehead atoms. The van der Waals surface area contributed by atoms with Crippen molar-refractivity contribution in [1.82, 2.24) is 10.2 Å². The van der Waals surface area contributed by atoms with E-state index in [-0.39, 0.29) is 23.8 Å². The highest BCUT2D eigenvalue weighted by Crippen LogP contribution is 2.25. The Balaban J connectivity index is 1.47. The molecular weight excluding hydrogens is 340 g/mol. The molecule has 2 heterocycles. The summed E-state index contributed by atoms with van der Waals surface area (Å²) in [6, 6.07) is 15.1. The normalized spacial score (nSPS) is 22.0. The first kappa shape index (κ1) is 17.6. The smallest absolute Gasteiger partial charge is 0.253 e. The zero-order chi connectivity index (χ0) is 18.8. The molecular formula is C22H24N2O3. The third-order valence-corrected chi connectivity index (χ3v) is 5.32. The van der Waals surface area contributed by atoms with Crippen LogP contribution in [0.15, 0.2) is 48.5 Å². The molecule has 140 valence electrons. The molecule has 5 heteroatoms. The quantitative estimate of drug-likeness (QED) is 0.906. The first-order valence-electron chi connectivity index (χ1n) is 9.53. The molecule has 2 aliphatic heterocycles. The lowest BCUT2D eigenvalue weighted by atomic mass is 9.98. The van der Waals surface area contributed by atoms with Crippen molar-refractivity contribution in [2.45, 2.75) is 32.2 Å². The summed E-state index contributed by atoms with van der Waals surface area (Å²) in [5.41, 5.74) is 1.76. The van der Waals surface area contributed by atoms with E-state index in [0.717, 1.165) is 30.6 Å². The molecule has 4 rings (SSSR count). The molecule has 27 heavy (non-hydrogen) atoms. The van der Waals surface area contributed by atoms with Crippen molar-refractivity contribution in [3.63, 3.8) is 0 Å². The molecule has 2 aromatic rings. The Kier molecular flexibility index (Phi) is 4.84. The van der Waals surface area contributed by atoms with E-state index in [9.17, 15) is 9.59 Å². The molecule has 0 aliphatic carbocycles. The standard InChI is InChI=1S/C22H24N2O3/c1-15-4-2-7-20(12-15)27-19-10-8-16(9-11-19)22(26)24-13-17-5-3-6-18(14-24)23-21(17)25/h2,4,7-12,17-18H,3,5-6,13-14H2,1H3,(H,23,25)/t17-,18+/m1/s1. The van der Waals surface area contributed by atoms with Crippen LogP contribution in [-0.4, -0.2) is 35.8 Å². The molecule has 0 aromatic heterocycles. The SMILES string of the molecule is Cc1cccc(Oc2ccc(C(=O)N3C[C@@H]4CCC[C@H](C3)C(=O)N4)cc2)c1. The Morgan fingerprint density at radius 1 is 1.07 bits per heavy atom. The van der Waals surface area contributed by atoms with E-state index >= 15 is 0 Å². The summed E-state index contributed by atoms with van der Waals surface area (Å²) < 4.78 is 5.85. The molecule has 0 unspecified atom stereocenters. The van der Waals surface area contributed by atoms with E-state index in [1.165, 1.54) is 0 Å². The Bertz CT molecular complexity index is 847. The van der Waals surface area contributed by atoms with Crippen LogP contribution >= 0.6 is 0 Å². The summed E-state index contributed by atoms with van der Waals surface area (Å²) in [6.45, 7) is 3.11.